The molecule has 0 spiro atoms. The Bertz CT molecular complexity index is 2040. The number of carboxylic acid groups (broad SMARTS) is 1. The molecular weight excluding hydrogens is 885 g/mol. The van der Waals surface area contributed by atoms with Gasteiger partial charge in [0.05, 0.1) is 82.8 Å². The Morgan fingerprint density at radius 3 is 2.02 bits per heavy atom. The van der Waals surface area contributed by atoms with Crippen molar-refractivity contribution in [2.75, 3.05) is 106 Å². The lowest BCUT2D eigenvalue weighted by Gasteiger charge is -2.35. The maximum atomic E-state index is 12.3. The van der Waals surface area contributed by atoms with Crippen LogP contribution in [-0.4, -0.2) is 165 Å². The molecule has 0 aromatic rings. The predicted molar refractivity (Wildman–Crippen MR) is 246 cm³/mol. The van der Waals surface area contributed by atoms with Crippen LogP contribution < -0.4 is 0 Å². The largest absolute Gasteiger partial charge is 0.485 e. The number of allylic oxidation sites excluding steroid dienone is 9. The number of methoxy groups -OCH3 is 2. The van der Waals surface area contributed by atoms with E-state index in [9.17, 15) is 35.8 Å². The Kier molecular flexibility index (Phi) is 21.2. The second kappa shape index (κ2) is 25.5. The Morgan fingerprint density at radius 1 is 0.862 bits per heavy atom. The van der Waals surface area contributed by atoms with Gasteiger partial charge in [0.25, 0.3) is 20.2 Å². The average Bonchev–Trinajstić information content (AvgIpc) is 3.46. The van der Waals surface area contributed by atoms with Gasteiger partial charge in [0.1, 0.15) is 11.9 Å². The van der Waals surface area contributed by atoms with E-state index in [1.54, 1.807) is 20.3 Å². The summed E-state index contributed by atoms with van der Waals surface area (Å²) in [4.78, 5) is 15.6. The van der Waals surface area contributed by atoms with Crippen LogP contribution in [0.4, 0.5) is 0 Å². The molecule has 19 heteroatoms. The van der Waals surface area contributed by atoms with Crippen LogP contribution in [0.15, 0.2) is 94.0 Å². The summed E-state index contributed by atoms with van der Waals surface area (Å²) < 4.78 is 107. The van der Waals surface area contributed by atoms with Gasteiger partial charge in [-0.05, 0) is 55.2 Å². The van der Waals surface area contributed by atoms with Crippen LogP contribution in [0.1, 0.15) is 53.4 Å². The van der Waals surface area contributed by atoms with E-state index < -0.39 is 55.4 Å². The van der Waals surface area contributed by atoms with Gasteiger partial charge in [-0.1, -0.05) is 58.1 Å². The summed E-state index contributed by atoms with van der Waals surface area (Å²) in [7, 11) is -5.58. The highest BCUT2D eigenvalue weighted by Gasteiger charge is 2.52. The van der Waals surface area contributed by atoms with Crippen LogP contribution in [0.3, 0.4) is 0 Å². The smallest absolute Gasteiger partial charge is 0.303 e. The van der Waals surface area contributed by atoms with Crippen molar-refractivity contribution in [1.82, 2.24) is 9.80 Å². The number of carbonyl (C=O) groups is 1. The molecule has 0 amide bonds. The van der Waals surface area contributed by atoms with Crippen molar-refractivity contribution in [2.24, 2.45) is 16.7 Å². The molecule has 0 saturated carbocycles. The lowest BCUT2D eigenvalue weighted by atomic mass is 9.70. The topological polar surface area (TPSA) is 217 Å². The van der Waals surface area contributed by atoms with Gasteiger partial charge in [0.15, 0.2) is 0 Å². The van der Waals surface area contributed by atoms with E-state index in [1.165, 1.54) is 12.2 Å². The zero-order chi connectivity index (χ0) is 47.7. The lowest BCUT2D eigenvalue weighted by Crippen LogP contribution is -2.33. The Labute approximate surface area is 385 Å². The number of hydrogen-bond acceptors (Lipinski definition) is 14. The molecule has 2 aliphatic heterocycles. The third-order valence-electron chi connectivity index (χ3n) is 11.5. The van der Waals surface area contributed by atoms with E-state index in [0.717, 1.165) is 28.3 Å². The van der Waals surface area contributed by atoms with Crippen molar-refractivity contribution in [2.45, 2.75) is 65.5 Å². The molecule has 65 heavy (non-hydrogen) atoms. The van der Waals surface area contributed by atoms with Gasteiger partial charge < -0.3 is 48.1 Å². The van der Waals surface area contributed by atoms with E-state index in [2.05, 4.69) is 31.7 Å². The molecule has 1 fully saturated rings. The van der Waals surface area contributed by atoms with Gasteiger partial charge >= 0.3 is 5.97 Å². The van der Waals surface area contributed by atoms with Crippen molar-refractivity contribution in [3.8, 4) is 0 Å². The van der Waals surface area contributed by atoms with Gasteiger partial charge in [-0.25, -0.2) is 0 Å². The third kappa shape index (κ3) is 16.9. The highest BCUT2D eigenvalue weighted by molar-refractivity contribution is 7.90. The lowest BCUT2D eigenvalue weighted by molar-refractivity contribution is -0.137. The predicted octanol–water partition coefficient (Wildman–Crippen LogP) is 5.35. The zero-order valence-electron chi connectivity index (χ0n) is 38.7. The summed E-state index contributed by atoms with van der Waals surface area (Å²) in [5, 5.41) is 9.53. The van der Waals surface area contributed by atoms with E-state index in [0.29, 0.717) is 85.6 Å². The first-order chi connectivity index (χ1) is 30.8. The molecule has 4 rings (SSSR count). The van der Waals surface area contributed by atoms with Crippen LogP contribution >= 0.6 is 0 Å². The van der Waals surface area contributed by atoms with Crippen molar-refractivity contribution in [3.63, 3.8) is 0 Å². The molecule has 17 nitrogen and oxygen atoms in total. The quantitative estimate of drug-likeness (QED) is 0.0611. The molecule has 3 N–H and O–H groups in total. The first kappa shape index (κ1) is 54.0. The molecule has 0 aromatic carbocycles. The minimum atomic E-state index is -4.56. The number of nitrogens with zero attached hydrogens (tertiary/aromatic N) is 2. The number of hydrogen-bond donors (Lipinski definition) is 3. The molecule has 0 bridgehead atoms. The van der Waals surface area contributed by atoms with E-state index in [4.69, 9.17) is 33.2 Å². The molecule has 1 saturated heterocycles. The van der Waals surface area contributed by atoms with Crippen molar-refractivity contribution in [3.05, 3.63) is 94.0 Å². The second-order valence-corrected chi connectivity index (χ2v) is 20.4. The minimum Gasteiger partial charge on any atom is -0.485 e. The number of ether oxygens (including phenoxy) is 7. The van der Waals surface area contributed by atoms with Crippen molar-refractivity contribution in [1.29, 1.82) is 0 Å². The van der Waals surface area contributed by atoms with Gasteiger partial charge in [-0.3, -0.25) is 13.9 Å². The van der Waals surface area contributed by atoms with Crippen LogP contribution in [0.25, 0.3) is 0 Å². The molecule has 2 heterocycles. The fourth-order valence-electron chi connectivity index (χ4n) is 8.17. The molecule has 4 aliphatic rings. The zero-order valence-corrected chi connectivity index (χ0v) is 40.3. The highest BCUT2D eigenvalue weighted by atomic mass is 32.2. The van der Waals surface area contributed by atoms with Gasteiger partial charge in [-0.15, -0.1) is 0 Å². The first-order valence-corrected chi connectivity index (χ1v) is 25.1. The summed E-state index contributed by atoms with van der Waals surface area (Å²) in [5.74, 6) is -1.20. The molecule has 2 aliphatic carbocycles. The third-order valence-corrected chi connectivity index (χ3v) is 13.2. The van der Waals surface area contributed by atoms with Crippen LogP contribution in [0.5, 0.6) is 0 Å². The Hall–Kier alpha value is -3.63. The van der Waals surface area contributed by atoms with Crippen LogP contribution in [0.2, 0.25) is 0 Å². The Balaban J connectivity index is 1.67. The standard InChI is InChI=1S/C46H70N2O15S2/c1-45(2,3)43-32-35(38-15-13-36(33-41(38)63-43)47(19-21-59-27-29-61-25-23-57-5)20-22-60-28-30-62-26-24-58-6)10-7-11-42-46(4,17-8-12-44(49)50)39-34-37(65(54,55)56)14-16-40(39)48(42)18-9-31-64(51,52)53/h7,10-11,13-16,32-34,39-41H,8-9,12,17-31H2,1-6H3,(H,49,50)(H,51,52,53)(H,54,55,56)/b10-7+,42-11-. The number of aliphatic carboxylic acids is 1. The second-order valence-electron chi connectivity index (χ2n) is 17.4. The summed E-state index contributed by atoms with van der Waals surface area (Å²) in [5.41, 5.74) is 2.30. The van der Waals surface area contributed by atoms with Crippen molar-refractivity contribution < 1.29 is 69.0 Å². The maximum Gasteiger partial charge on any atom is 0.303 e. The van der Waals surface area contributed by atoms with E-state index in [-0.39, 0.29) is 36.1 Å². The average molecular weight is 955 g/mol. The molecule has 4 unspecified atom stereocenters. The summed E-state index contributed by atoms with van der Waals surface area (Å²) >= 11 is 0. The minimum absolute atomic E-state index is 0.0738. The first-order valence-electron chi connectivity index (χ1n) is 22.0. The Morgan fingerprint density at radius 2 is 1.46 bits per heavy atom. The molecular formula is C46H70N2O15S2. The summed E-state index contributed by atoms with van der Waals surface area (Å²) in [6.45, 7) is 14.2. The summed E-state index contributed by atoms with van der Waals surface area (Å²) in [6.07, 6.45) is 18.6. The number of carboxylic acids is 1. The van der Waals surface area contributed by atoms with Crippen LogP contribution in [0, 0.1) is 16.7 Å². The fraction of sp³-hybridized carbons (Fsp3) is 0.630. The van der Waals surface area contributed by atoms with Gasteiger partial charge in [-0.2, -0.15) is 16.8 Å². The fourth-order valence-corrected chi connectivity index (χ4v) is 9.23. The van der Waals surface area contributed by atoms with Crippen molar-refractivity contribution >= 4 is 26.2 Å². The number of likely N-dealkylation sites (tertiary alicyclic amines) is 1. The van der Waals surface area contributed by atoms with E-state index in [1.807, 2.05) is 48.3 Å². The maximum absolute atomic E-state index is 12.3. The normalized spacial score (nSPS) is 22.8. The summed E-state index contributed by atoms with van der Waals surface area (Å²) in [6, 6.07) is -0.440. The number of rotatable bonds is 30. The molecule has 366 valence electrons. The van der Waals surface area contributed by atoms with E-state index >= 15 is 0 Å². The monoisotopic (exact) mass is 954 g/mol. The molecule has 0 radical (unpaired) electrons. The van der Waals surface area contributed by atoms with Gasteiger partial charge in [0.2, 0.25) is 0 Å². The van der Waals surface area contributed by atoms with Gasteiger partial charge in [0, 0.05) is 74.0 Å². The molecule has 4 atom stereocenters. The van der Waals surface area contributed by atoms with Crippen LogP contribution in [-0.2, 0) is 58.2 Å². The highest BCUT2D eigenvalue weighted by Crippen LogP contribution is 2.54. The SMILES string of the molecule is COCCOCCOCCN(CCOCCOCCOC)C1=CC2OC(C(C)(C)C)=CC(/C=C/C=C3\N(CCCS(=O)(=O)O)C4C=CC(S(=O)(=O)O)=CC4C3(C)CCCC(=O)O)=C2C=C1. The molecule has 0 aromatic heterocycles. The number of fused-ring (bicyclic) bond motifs is 2.